The first kappa shape index (κ1) is 30.8. The first-order chi connectivity index (χ1) is 18.0. The monoisotopic (exact) mass is 595 g/mol. The molecule has 0 spiro atoms. The average Bonchev–Trinajstić information content (AvgIpc) is 2.86. The van der Waals surface area contributed by atoms with E-state index in [2.05, 4.69) is 15.5 Å². The first-order valence-electron chi connectivity index (χ1n) is 11.2. The second-order valence-electron chi connectivity index (χ2n) is 8.07. The maximum atomic E-state index is 13.4. The molecule has 4 aromatic carbocycles. The third kappa shape index (κ3) is 6.72. The van der Waals surface area contributed by atoms with Gasteiger partial charge in [0.1, 0.15) is 16.3 Å². The number of anilines is 1. The number of nitrogens with one attached hydrogen (secondary N) is 1. The van der Waals surface area contributed by atoms with Crippen LogP contribution in [0.1, 0.15) is 22.8 Å². The SMILES string of the molecule is CCOc1cc(NC(=O)c2cc3ccccc3c(N=Nc3c(C)ccc(S(=O)(=O)O)c3Cl)c2[O-])ccc1Cl.[Na+]. The molecule has 0 fully saturated rings. The van der Waals surface area contributed by atoms with Crippen molar-refractivity contribution in [2.24, 2.45) is 10.2 Å². The van der Waals surface area contributed by atoms with E-state index in [0.717, 1.165) is 6.07 Å². The molecule has 0 aromatic heterocycles. The molecule has 2 N–H and O–H groups in total. The van der Waals surface area contributed by atoms with Gasteiger partial charge in [-0.2, -0.15) is 13.5 Å². The summed E-state index contributed by atoms with van der Waals surface area (Å²) in [6.45, 7) is 3.78. The average molecular weight is 596 g/mol. The van der Waals surface area contributed by atoms with E-state index in [-0.39, 0.29) is 51.5 Å². The summed E-state index contributed by atoms with van der Waals surface area (Å²) in [6, 6.07) is 15.4. The Morgan fingerprint density at radius 2 is 1.74 bits per heavy atom. The van der Waals surface area contributed by atoms with Crippen LogP contribution in [0.4, 0.5) is 17.1 Å². The van der Waals surface area contributed by atoms with Gasteiger partial charge in [-0.3, -0.25) is 9.35 Å². The summed E-state index contributed by atoms with van der Waals surface area (Å²) in [5, 5.41) is 25.2. The van der Waals surface area contributed by atoms with Gasteiger partial charge in [-0.1, -0.05) is 59.3 Å². The Bertz CT molecular complexity index is 1710. The van der Waals surface area contributed by atoms with Crippen LogP contribution in [0.25, 0.3) is 10.8 Å². The zero-order chi connectivity index (χ0) is 27.6. The number of nitrogens with zero attached hydrogens (tertiary/aromatic N) is 2. The Morgan fingerprint density at radius 1 is 1.05 bits per heavy atom. The van der Waals surface area contributed by atoms with Crippen molar-refractivity contribution in [3.05, 3.63) is 81.8 Å². The van der Waals surface area contributed by atoms with Gasteiger partial charge in [0.05, 0.1) is 22.3 Å². The zero-order valence-electron chi connectivity index (χ0n) is 21.0. The van der Waals surface area contributed by atoms with E-state index in [1.54, 1.807) is 56.3 Å². The van der Waals surface area contributed by atoms with Crippen molar-refractivity contribution in [1.29, 1.82) is 0 Å². The van der Waals surface area contributed by atoms with E-state index in [9.17, 15) is 22.9 Å². The number of fused-ring (bicyclic) bond motifs is 1. The Morgan fingerprint density at radius 3 is 2.44 bits per heavy atom. The van der Waals surface area contributed by atoms with Gasteiger partial charge >= 0.3 is 29.6 Å². The minimum atomic E-state index is -4.62. The molecule has 0 aliphatic rings. The van der Waals surface area contributed by atoms with Gasteiger partial charge in [-0.05, 0) is 49.1 Å². The van der Waals surface area contributed by atoms with Gasteiger partial charge in [0.15, 0.2) is 0 Å². The number of hydrogen-bond acceptors (Lipinski definition) is 7. The van der Waals surface area contributed by atoms with Crippen molar-refractivity contribution >= 4 is 67.1 Å². The molecule has 9 nitrogen and oxygen atoms in total. The van der Waals surface area contributed by atoms with E-state index in [1.165, 1.54) is 12.1 Å². The zero-order valence-corrected chi connectivity index (χ0v) is 25.4. The second kappa shape index (κ2) is 12.6. The van der Waals surface area contributed by atoms with Gasteiger partial charge in [-0.15, -0.1) is 5.11 Å². The number of carbonyl (C=O) groups excluding carboxylic acids is 1. The molecule has 4 rings (SSSR count). The van der Waals surface area contributed by atoms with E-state index in [4.69, 9.17) is 27.9 Å². The molecule has 0 aliphatic heterocycles. The Balaban J connectivity index is 0.00000420. The van der Waals surface area contributed by atoms with Gasteiger partial charge in [0.25, 0.3) is 16.0 Å². The molecular weight excluding hydrogens is 576 g/mol. The van der Waals surface area contributed by atoms with Crippen molar-refractivity contribution in [1.82, 2.24) is 0 Å². The summed E-state index contributed by atoms with van der Waals surface area (Å²) in [5.41, 5.74) is 0.421. The minimum absolute atomic E-state index is 0. The van der Waals surface area contributed by atoms with Gasteiger partial charge < -0.3 is 15.2 Å². The van der Waals surface area contributed by atoms with E-state index in [0.29, 0.717) is 39.4 Å². The minimum Gasteiger partial charge on any atom is -0.870 e. The first-order valence-corrected chi connectivity index (χ1v) is 13.4. The summed E-state index contributed by atoms with van der Waals surface area (Å²) < 4.78 is 38.2. The van der Waals surface area contributed by atoms with Crippen LogP contribution in [0.3, 0.4) is 0 Å². The van der Waals surface area contributed by atoms with Gasteiger partial charge in [0, 0.05) is 22.7 Å². The number of benzene rings is 4. The third-order valence-corrected chi connectivity index (χ3v) is 7.22. The standard InChI is InChI=1S/C26H21Cl2N3O6S.Na/c1-3-37-20-13-16(9-10-19(20)27)29-26(33)18-12-15-6-4-5-7-17(15)24(25(18)32)31-30-23-14(2)8-11-21(22(23)28)38(34,35)36;/h4-13,32H,3H2,1-2H3,(H,29,33)(H,34,35,36);/q;+1/p-1. The molecule has 0 aliphatic carbocycles. The largest absolute Gasteiger partial charge is 1.00 e. The second-order valence-corrected chi connectivity index (χ2v) is 10.2. The molecule has 13 heteroatoms. The van der Waals surface area contributed by atoms with Crippen molar-refractivity contribution < 1.29 is 57.2 Å². The number of hydrogen-bond donors (Lipinski definition) is 2. The Labute approximate surface area is 256 Å². The fraction of sp³-hybridized carbons (Fsp3) is 0.115. The van der Waals surface area contributed by atoms with E-state index in [1.807, 2.05) is 0 Å². The maximum absolute atomic E-state index is 13.4. The van der Waals surface area contributed by atoms with Crippen molar-refractivity contribution in [2.45, 2.75) is 18.7 Å². The van der Waals surface area contributed by atoms with Crippen LogP contribution in [0.5, 0.6) is 11.5 Å². The topological polar surface area (TPSA) is 140 Å². The molecule has 0 radical (unpaired) electrons. The van der Waals surface area contributed by atoms with Crippen LogP contribution in [0, 0.1) is 6.92 Å². The summed E-state index contributed by atoms with van der Waals surface area (Å²) in [6.07, 6.45) is 0. The molecule has 4 aromatic rings. The summed E-state index contributed by atoms with van der Waals surface area (Å²) in [4.78, 5) is 12.6. The fourth-order valence-electron chi connectivity index (χ4n) is 3.69. The van der Waals surface area contributed by atoms with E-state index >= 15 is 0 Å². The molecule has 0 atom stereocenters. The molecule has 0 saturated heterocycles. The van der Waals surface area contributed by atoms with Gasteiger partial charge in [-0.25, -0.2) is 0 Å². The predicted octanol–water partition coefficient (Wildman–Crippen LogP) is 3.85. The van der Waals surface area contributed by atoms with Crippen LogP contribution < -0.4 is 44.7 Å². The van der Waals surface area contributed by atoms with Crippen molar-refractivity contribution in [3.8, 4) is 11.5 Å². The molecular formula is C26H20Cl2N3NaO6S. The molecule has 196 valence electrons. The van der Waals surface area contributed by atoms with Gasteiger partial charge in [0.2, 0.25) is 0 Å². The molecule has 1 amide bonds. The Hall–Kier alpha value is -2.70. The van der Waals surface area contributed by atoms with Crippen LogP contribution in [0.15, 0.2) is 75.8 Å². The number of halogens is 2. The van der Waals surface area contributed by atoms with Crippen LogP contribution >= 0.6 is 23.2 Å². The summed E-state index contributed by atoms with van der Waals surface area (Å²) in [7, 11) is -4.62. The number of aryl methyl sites for hydroxylation is 1. The molecule has 0 heterocycles. The van der Waals surface area contributed by atoms with Crippen LogP contribution in [0.2, 0.25) is 10.0 Å². The maximum Gasteiger partial charge on any atom is 1.00 e. The number of carbonyl (C=O) groups is 1. The van der Waals surface area contributed by atoms with Crippen molar-refractivity contribution in [2.75, 3.05) is 11.9 Å². The molecule has 39 heavy (non-hydrogen) atoms. The quantitative estimate of drug-likeness (QED) is 0.189. The van der Waals surface area contributed by atoms with Crippen LogP contribution in [-0.4, -0.2) is 25.5 Å². The molecule has 0 saturated carbocycles. The third-order valence-electron chi connectivity index (χ3n) is 5.52. The van der Waals surface area contributed by atoms with Crippen molar-refractivity contribution in [3.63, 3.8) is 0 Å². The fourth-order valence-corrected chi connectivity index (χ4v) is 4.97. The number of ether oxygens (including phenoxy) is 1. The van der Waals surface area contributed by atoms with Crippen LogP contribution in [-0.2, 0) is 10.1 Å². The summed E-state index contributed by atoms with van der Waals surface area (Å²) in [5.74, 6) is -1.02. The number of rotatable bonds is 7. The Kier molecular flexibility index (Phi) is 10.0. The number of azo groups is 1. The predicted molar refractivity (Wildman–Crippen MR) is 144 cm³/mol. The smallest absolute Gasteiger partial charge is 0.870 e. The normalized spacial score (nSPS) is 11.4. The van der Waals surface area contributed by atoms with E-state index < -0.39 is 26.7 Å². The summed E-state index contributed by atoms with van der Waals surface area (Å²) >= 11 is 12.3. The molecule has 0 unspecified atom stereocenters. The number of amides is 1. The molecule has 0 bridgehead atoms.